The number of hydrogen-bond acceptors (Lipinski definition) is 4. The van der Waals surface area contributed by atoms with Crippen molar-refractivity contribution in [2.24, 2.45) is 0 Å². The predicted octanol–water partition coefficient (Wildman–Crippen LogP) is 7.58. The Labute approximate surface area is 190 Å². The number of ether oxygens (including phenoxy) is 2. The van der Waals surface area contributed by atoms with Crippen LogP contribution < -0.4 is 9.47 Å². The van der Waals surface area contributed by atoms with Gasteiger partial charge in [0.25, 0.3) is 0 Å². The van der Waals surface area contributed by atoms with Crippen LogP contribution in [0.5, 0.6) is 11.5 Å². The van der Waals surface area contributed by atoms with E-state index in [-0.39, 0.29) is 11.9 Å². The molecule has 0 atom stereocenters. The van der Waals surface area contributed by atoms with Gasteiger partial charge in [0, 0.05) is 34.4 Å². The molecule has 170 valence electrons. The van der Waals surface area contributed by atoms with Crippen LogP contribution in [0.15, 0.2) is 36.4 Å². The molecule has 0 amide bonds. The van der Waals surface area contributed by atoms with Crippen LogP contribution in [-0.4, -0.2) is 11.9 Å². The van der Waals surface area contributed by atoms with Crippen molar-refractivity contribution in [1.29, 1.82) is 0 Å². The summed E-state index contributed by atoms with van der Waals surface area (Å²) in [6.07, 6.45) is 6.52. The van der Waals surface area contributed by atoms with Gasteiger partial charge in [-0.2, -0.15) is 0 Å². The highest BCUT2D eigenvalue weighted by atomic mass is 16.5. The summed E-state index contributed by atoms with van der Waals surface area (Å²) in [7, 11) is 0. The van der Waals surface area contributed by atoms with Gasteiger partial charge in [0.2, 0.25) is 0 Å². The van der Waals surface area contributed by atoms with Crippen molar-refractivity contribution < 1.29 is 19.1 Å². The Kier molecular flexibility index (Phi) is 8.26. The van der Waals surface area contributed by atoms with Gasteiger partial charge in [-0.3, -0.25) is 9.59 Å². The van der Waals surface area contributed by atoms with Gasteiger partial charge >= 0.3 is 11.9 Å². The Balaban J connectivity index is 2.12. The molecule has 0 aliphatic rings. The summed E-state index contributed by atoms with van der Waals surface area (Å²) < 4.78 is 11.9. The minimum absolute atomic E-state index is 0.228. The van der Waals surface area contributed by atoms with Crippen LogP contribution in [0, 0.1) is 13.8 Å². The molecule has 0 saturated carbocycles. The minimum Gasteiger partial charge on any atom is -0.425 e. The molecular formula is C28H34O4. The lowest BCUT2D eigenvalue weighted by Crippen LogP contribution is -2.11. The summed E-state index contributed by atoms with van der Waals surface area (Å²) in [5.74, 6) is 0.636. The zero-order valence-corrected chi connectivity index (χ0v) is 19.8. The van der Waals surface area contributed by atoms with E-state index in [0.29, 0.717) is 24.3 Å². The Morgan fingerprint density at radius 2 is 1.03 bits per heavy atom. The Bertz CT molecular complexity index is 1050. The number of esters is 2. The van der Waals surface area contributed by atoms with Gasteiger partial charge in [-0.1, -0.05) is 74.9 Å². The minimum atomic E-state index is -0.230. The van der Waals surface area contributed by atoms with E-state index in [4.69, 9.17) is 9.47 Å². The zero-order valence-electron chi connectivity index (χ0n) is 19.8. The van der Waals surface area contributed by atoms with Gasteiger partial charge in [-0.15, -0.1) is 0 Å². The normalized spacial score (nSPS) is 11.1. The Morgan fingerprint density at radius 1 is 0.625 bits per heavy atom. The molecule has 3 aromatic carbocycles. The van der Waals surface area contributed by atoms with Crippen molar-refractivity contribution >= 4 is 33.5 Å². The van der Waals surface area contributed by atoms with Crippen LogP contribution in [-0.2, 0) is 9.59 Å². The molecule has 0 aromatic heterocycles. The summed E-state index contributed by atoms with van der Waals surface area (Å²) in [6, 6.07) is 11.9. The standard InChI is InChI=1S/C28H34O4/c1-5-7-9-11-25(29)31-27-21-15-13-19(3)17-23(21)28(32-26(30)12-10-8-6-2)24-18-20(4)14-16-22(24)27/h13-18H,5-12H2,1-4H3. The molecule has 0 radical (unpaired) electrons. The molecule has 0 aliphatic heterocycles. The van der Waals surface area contributed by atoms with E-state index in [0.717, 1.165) is 71.2 Å². The largest absolute Gasteiger partial charge is 0.425 e. The zero-order chi connectivity index (χ0) is 23.1. The van der Waals surface area contributed by atoms with E-state index in [9.17, 15) is 9.59 Å². The Hall–Kier alpha value is -2.88. The van der Waals surface area contributed by atoms with E-state index in [1.54, 1.807) is 0 Å². The quantitative estimate of drug-likeness (QED) is 0.143. The maximum absolute atomic E-state index is 12.6. The molecule has 0 unspecified atom stereocenters. The molecule has 0 heterocycles. The molecule has 0 saturated heterocycles. The molecule has 4 nitrogen and oxygen atoms in total. The van der Waals surface area contributed by atoms with Gasteiger partial charge in [-0.25, -0.2) is 0 Å². The molecule has 32 heavy (non-hydrogen) atoms. The van der Waals surface area contributed by atoms with Crippen molar-refractivity contribution in [3.8, 4) is 11.5 Å². The third-order valence-electron chi connectivity index (χ3n) is 5.73. The predicted molar refractivity (Wildman–Crippen MR) is 130 cm³/mol. The molecule has 0 aliphatic carbocycles. The van der Waals surface area contributed by atoms with E-state index >= 15 is 0 Å². The highest BCUT2D eigenvalue weighted by Crippen LogP contribution is 2.44. The van der Waals surface area contributed by atoms with Crippen LogP contribution in [0.25, 0.3) is 21.5 Å². The van der Waals surface area contributed by atoms with E-state index in [1.807, 2.05) is 50.2 Å². The summed E-state index contributed by atoms with van der Waals surface area (Å²) in [5.41, 5.74) is 2.10. The SMILES string of the molecule is CCCCCC(=O)Oc1c2ccc(C)cc2c(OC(=O)CCCCC)c2cc(C)ccc12. The first-order valence-corrected chi connectivity index (χ1v) is 11.8. The van der Waals surface area contributed by atoms with Crippen molar-refractivity contribution in [3.05, 3.63) is 47.5 Å². The first kappa shape index (κ1) is 23.8. The second-order valence-corrected chi connectivity index (χ2v) is 8.62. The van der Waals surface area contributed by atoms with Crippen molar-refractivity contribution in [3.63, 3.8) is 0 Å². The summed E-state index contributed by atoms with van der Waals surface area (Å²) in [6.45, 7) is 8.23. The molecule has 0 spiro atoms. The first-order chi connectivity index (χ1) is 15.4. The summed E-state index contributed by atoms with van der Waals surface area (Å²) in [5, 5.41) is 3.16. The van der Waals surface area contributed by atoms with Crippen molar-refractivity contribution in [1.82, 2.24) is 0 Å². The van der Waals surface area contributed by atoms with Crippen LogP contribution >= 0.6 is 0 Å². The topological polar surface area (TPSA) is 52.6 Å². The van der Waals surface area contributed by atoms with E-state index in [1.165, 1.54) is 0 Å². The molecule has 3 aromatic rings. The third-order valence-corrected chi connectivity index (χ3v) is 5.73. The molecule has 4 heteroatoms. The van der Waals surface area contributed by atoms with Gasteiger partial charge in [0.05, 0.1) is 0 Å². The van der Waals surface area contributed by atoms with E-state index in [2.05, 4.69) is 13.8 Å². The fourth-order valence-corrected chi connectivity index (χ4v) is 3.97. The number of benzene rings is 3. The lowest BCUT2D eigenvalue weighted by Gasteiger charge is -2.17. The Morgan fingerprint density at radius 3 is 1.44 bits per heavy atom. The van der Waals surface area contributed by atoms with Crippen LogP contribution in [0.1, 0.15) is 76.3 Å². The smallest absolute Gasteiger partial charge is 0.311 e. The maximum Gasteiger partial charge on any atom is 0.311 e. The maximum atomic E-state index is 12.6. The monoisotopic (exact) mass is 434 g/mol. The number of unbranched alkanes of at least 4 members (excludes halogenated alkanes) is 4. The molecule has 0 N–H and O–H groups in total. The average Bonchev–Trinajstić information content (AvgIpc) is 2.76. The molecular weight excluding hydrogens is 400 g/mol. The number of hydrogen-bond donors (Lipinski definition) is 0. The second kappa shape index (κ2) is 11.1. The number of carbonyl (C=O) groups excluding carboxylic acids is 2. The van der Waals surface area contributed by atoms with E-state index < -0.39 is 0 Å². The lowest BCUT2D eigenvalue weighted by molar-refractivity contribution is -0.135. The van der Waals surface area contributed by atoms with Crippen molar-refractivity contribution in [2.75, 3.05) is 0 Å². The van der Waals surface area contributed by atoms with Crippen LogP contribution in [0.4, 0.5) is 0 Å². The summed E-state index contributed by atoms with van der Waals surface area (Å²) >= 11 is 0. The number of fused-ring (bicyclic) bond motifs is 2. The molecule has 3 rings (SSSR count). The summed E-state index contributed by atoms with van der Waals surface area (Å²) in [4.78, 5) is 25.3. The highest BCUT2D eigenvalue weighted by molar-refractivity contribution is 6.13. The fourth-order valence-electron chi connectivity index (χ4n) is 3.97. The van der Waals surface area contributed by atoms with Gasteiger partial charge in [0.1, 0.15) is 11.5 Å². The first-order valence-electron chi connectivity index (χ1n) is 11.8. The third kappa shape index (κ3) is 5.67. The van der Waals surface area contributed by atoms with Gasteiger partial charge in [-0.05, 0) is 38.8 Å². The number of carbonyl (C=O) groups is 2. The van der Waals surface area contributed by atoms with Crippen LogP contribution in [0.2, 0.25) is 0 Å². The van der Waals surface area contributed by atoms with Gasteiger partial charge < -0.3 is 9.47 Å². The lowest BCUT2D eigenvalue weighted by atomic mass is 9.97. The van der Waals surface area contributed by atoms with Crippen molar-refractivity contribution in [2.45, 2.75) is 79.1 Å². The number of rotatable bonds is 10. The second-order valence-electron chi connectivity index (χ2n) is 8.62. The van der Waals surface area contributed by atoms with Gasteiger partial charge in [0.15, 0.2) is 0 Å². The molecule has 0 bridgehead atoms. The highest BCUT2D eigenvalue weighted by Gasteiger charge is 2.20. The molecule has 0 fully saturated rings. The fraction of sp³-hybridized carbons (Fsp3) is 0.429. The van der Waals surface area contributed by atoms with Crippen LogP contribution in [0.3, 0.4) is 0 Å². The average molecular weight is 435 g/mol. The number of aryl methyl sites for hydroxylation is 2.